The van der Waals surface area contributed by atoms with Crippen molar-refractivity contribution in [2.45, 2.75) is 32.5 Å². The van der Waals surface area contributed by atoms with Crippen molar-refractivity contribution >= 4 is 11.5 Å². The Morgan fingerprint density at radius 3 is 3.13 bits per heavy atom. The summed E-state index contributed by atoms with van der Waals surface area (Å²) in [7, 11) is 0. The van der Waals surface area contributed by atoms with E-state index in [1.807, 2.05) is 24.5 Å². The Bertz CT molecular complexity index is 790. The van der Waals surface area contributed by atoms with Crippen LogP contribution < -0.4 is 5.32 Å². The summed E-state index contributed by atoms with van der Waals surface area (Å²) in [5, 5.41) is 12.4. The van der Waals surface area contributed by atoms with Gasteiger partial charge >= 0.3 is 0 Å². The summed E-state index contributed by atoms with van der Waals surface area (Å²) in [6.07, 6.45) is 6.65. The molecular weight excluding hydrogens is 290 g/mol. The molecule has 4 rings (SSSR count). The summed E-state index contributed by atoms with van der Waals surface area (Å²) < 4.78 is 3.87. The lowest BCUT2D eigenvalue weighted by atomic mass is 10.2. The first-order valence-electron chi connectivity index (χ1n) is 8.12. The number of likely N-dealkylation sites (tertiary alicyclic amines) is 1. The maximum Gasteiger partial charge on any atom is 0.153 e. The van der Waals surface area contributed by atoms with Crippen molar-refractivity contribution in [1.82, 2.24) is 29.3 Å². The molecule has 0 saturated carbocycles. The van der Waals surface area contributed by atoms with E-state index in [2.05, 4.69) is 43.1 Å². The fourth-order valence-corrected chi connectivity index (χ4v) is 3.20. The van der Waals surface area contributed by atoms with Gasteiger partial charge in [0.05, 0.1) is 5.69 Å². The van der Waals surface area contributed by atoms with Crippen molar-refractivity contribution in [2.24, 2.45) is 0 Å². The van der Waals surface area contributed by atoms with E-state index in [-0.39, 0.29) is 0 Å². The Labute approximate surface area is 134 Å². The molecule has 1 aliphatic rings. The number of anilines is 1. The monoisotopic (exact) mass is 311 g/mol. The summed E-state index contributed by atoms with van der Waals surface area (Å²) in [6, 6.07) is 6.53. The topological polar surface area (TPSA) is 63.3 Å². The summed E-state index contributed by atoms with van der Waals surface area (Å²) in [4.78, 5) is 6.69. The molecule has 7 heteroatoms. The first-order valence-corrected chi connectivity index (χ1v) is 8.12. The predicted molar refractivity (Wildman–Crippen MR) is 88.2 cm³/mol. The van der Waals surface area contributed by atoms with Gasteiger partial charge in [0.1, 0.15) is 5.82 Å². The number of rotatable bonds is 5. The van der Waals surface area contributed by atoms with Crippen LogP contribution >= 0.6 is 0 Å². The van der Waals surface area contributed by atoms with Crippen LogP contribution in [0.4, 0.5) is 5.82 Å². The molecule has 3 aromatic heterocycles. The van der Waals surface area contributed by atoms with Crippen LogP contribution in [0.25, 0.3) is 5.65 Å². The second-order valence-corrected chi connectivity index (χ2v) is 5.95. The minimum absolute atomic E-state index is 0.432. The van der Waals surface area contributed by atoms with E-state index in [4.69, 9.17) is 0 Å². The molecule has 1 N–H and O–H groups in total. The second kappa shape index (κ2) is 6.00. The molecule has 0 amide bonds. The van der Waals surface area contributed by atoms with Crippen LogP contribution in [0.3, 0.4) is 0 Å². The van der Waals surface area contributed by atoms with Crippen LogP contribution in [0.1, 0.15) is 19.0 Å². The van der Waals surface area contributed by atoms with Crippen LogP contribution in [0.15, 0.2) is 36.8 Å². The second-order valence-electron chi connectivity index (χ2n) is 5.95. The molecule has 3 aromatic rings. The van der Waals surface area contributed by atoms with Gasteiger partial charge in [0, 0.05) is 50.8 Å². The van der Waals surface area contributed by atoms with Gasteiger partial charge < -0.3 is 5.32 Å². The highest BCUT2D eigenvalue weighted by molar-refractivity contribution is 5.44. The standard InChI is InChI=1S/C16H21N7/c1-2-22-14(5-7-18-22)12-21-9-6-13(11-21)19-15-3-4-16-17-8-10-23(16)20-15/h3-5,7-8,10,13H,2,6,9,11-12H2,1H3,(H,19,20). The highest BCUT2D eigenvalue weighted by Crippen LogP contribution is 2.17. The van der Waals surface area contributed by atoms with Crippen molar-refractivity contribution < 1.29 is 0 Å². The first kappa shape index (κ1) is 14.2. The highest BCUT2D eigenvalue weighted by atomic mass is 15.3. The molecule has 0 aromatic carbocycles. The fraction of sp³-hybridized carbons (Fsp3) is 0.438. The van der Waals surface area contributed by atoms with Gasteiger partial charge in [-0.15, -0.1) is 5.10 Å². The van der Waals surface area contributed by atoms with Crippen molar-refractivity contribution in [2.75, 3.05) is 18.4 Å². The molecule has 0 spiro atoms. The molecule has 7 nitrogen and oxygen atoms in total. The quantitative estimate of drug-likeness (QED) is 0.776. The number of fused-ring (bicyclic) bond motifs is 1. The molecular formula is C16H21N7. The maximum atomic E-state index is 4.54. The minimum Gasteiger partial charge on any atom is -0.365 e. The van der Waals surface area contributed by atoms with E-state index < -0.39 is 0 Å². The Balaban J connectivity index is 1.38. The molecule has 1 atom stereocenters. The first-order chi connectivity index (χ1) is 11.3. The van der Waals surface area contributed by atoms with Crippen LogP contribution in [0.2, 0.25) is 0 Å². The summed E-state index contributed by atoms with van der Waals surface area (Å²) in [6.45, 7) is 6.13. The van der Waals surface area contributed by atoms with Gasteiger partial charge in [-0.1, -0.05) is 0 Å². The number of imidazole rings is 1. The third-order valence-corrected chi connectivity index (χ3v) is 4.37. The van der Waals surface area contributed by atoms with Crippen molar-refractivity contribution in [3.63, 3.8) is 0 Å². The third kappa shape index (κ3) is 2.92. The molecule has 1 aliphatic heterocycles. The fourth-order valence-electron chi connectivity index (χ4n) is 3.20. The number of nitrogens with one attached hydrogen (secondary N) is 1. The van der Waals surface area contributed by atoms with Gasteiger partial charge in [-0.3, -0.25) is 9.58 Å². The average molecular weight is 311 g/mol. The predicted octanol–water partition coefficient (Wildman–Crippen LogP) is 1.63. The molecule has 0 bridgehead atoms. The van der Waals surface area contributed by atoms with Gasteiger partial charge in [-0.2, -0.15) is 5.10 Å². The van der Waals surface area contributed by atoms with E-state index >= 15 is 0 Å². The van der Waals surface area contributed by atoms with Gasteiger partial charge in [0.25, 0.3) is 0 Å². The van der Waals surface area contributed by atoms with Crippen LogP contribution in [0, 0.1) is 0 Å². The van der Waals surface area contributed by atoms with Crippen LogP contribution in [0.5, 0.6) is 0 Å². The molecule has 1 saturated heterocycles. The molecule has 23 heavy (non-hydrogen) atoms. The van der Waals surface area contributed by atoms with Crippen LogP contribution in [-0.2, 0) is 13.1 Å². The number of hydrogen-bond acceptors (Lipinski definition) is 5. The van der Waals surface area contributed by atoms with E-state index in [0.717, 1.165) is 44.1 Å². The SMILES string of the molecule is CCn1nccc1CN1CCC(Nc2ccc3nccn3n2)C1. The van der Waals surface area contributed by atoms with Crippen molar-refractivity contribution in [1.29, 1.82) is 0 Å². The van der Waals surface area contributed by atoms with Gasteiger partial charge in [-0.25, -0.2) is 9.50 Å². The van der Waals surface area contributed by atoms with Crippen molar-refractivity contribution in [3.05, 3.63) is 42.5 Å². The summed E-state index contributed by atoms with van der Waals surface area (Å²) in [5.41, 5.74) is 2.16. The van der Waals surface area contributed by atoms with Gasteiger partial charge in [0.2, 0.25) is 0 Å². The minimum atomic E-state index is 0.432. The average Bonchev–Trinajstić information content (AvgIpc) is 3.28. The lowest BCUT2D eigenvalue weighted by Crippen LogP contribution is -2.27. The number of aryl methyl sites for hydroxylation is 1. The number of nitrogens with zero attached hydrogens (tertiary/aromatic N) is 6. The summed E-state index contributed by atoms with van der Waals surface area (Å²) >= 11 is 0. The van der Waals surface area contributed by atoms with E-state index in [1.165, 1.54) is 5.69 Å². The molecule has 0 radical (unpaired) electrons. The molecule has 4 heterocycles. The Kier molecular flexibility index (Phi) is 3.70. The number of hydrogen-bond donors (Lipinski definition) is 1. The molecule has 120 valence electrons. The zero-order chi connectivity index (χ0) is 15.6. The summed E-state index contributed by atoms with van der Waals surface area (Å²) in [5.74, 6) is 0.904. The normalized spacial score (nSPS) is 18.7. The lowest BCUT2D eigenvalue weighted by Gasteiger charge is -2.17. The molecule has 1 fully saturated rings. The lowest BCUT2D eigenvalue weighted by molar-refractivity contribution is 0.316. The van der Waals surface area contributed by atoms with Crippen LogP contribution in [-0.4, -0.2) is 48.4 Å². The Hall–Kier alpha value is -2.41. The Morgan fingerprint density at radius 2 is 2.22 bits per heavy atom. The molecule has 0 aliphatic carbocycles. The molecule has 1 unspecified atom stereocenters. The zero-order valence-corrected chi connectivity index (χ0v) is 13.3. The third-order valence-electron chi connectivity index (χ3n) is 4.37. The number of aromatic nitrogens is 5. The smallest absolute Gasteiger partial charge is 0.153 e. The Morgan fingerprint density at radius 1 is 1.26 bits per heavy atom. The van der Waals surface area contributed by atoms with E-state index in [1.54, 1.807) is 10.7 Å². The van der Waals surface area contributed by atoms with Gasteiger partial charge in [-0.05, 0) is 31.5 Å². The van der Waals surface area contributed by atoms with Gasteiger partial charge in [0.15, 0.2) is 5.65 Å². The maximum absolute atomic E-state index is 4.54. The van der Waals surface area contributed by atoms with Crippen molar-refractivity contribution in [3.8, 4) is 0 Å². The van der Waals surface area contributed by atoms with E-state index in [9.17, 15) is 0 Å². The largest absolute Gasteiger partial charge is 0.365 e. The highest BCUT2D eigenvalue weighted by Gasteiger charge is 2.23. The van der Waals surface area contributed by atoms with E-state index in [0.29, 0.717) is 6.04 Å². The zero-order valence-electron chi connectivity index (χ0n) is 13.3.